The quantitative estimate of drug-likeness (QED) is 0.597. The summed E-state index contributed by atoms with van der Waals surface area (Å²) in [6.07, 6.45) is 9.96. The first-order valence-electron chi connectivity index (χ1n) is 7.29. The monoisotopic (exact) mass is 240 g/mol. The molecule has 1 aliphatic carbocycles. The highest BCUT2D eigenvalue weighted by Gasteiger charge is 2.31. The van der Waals surface area contributed by atoms with Gasteiger partial charge in [-0.05, 0) is 38.6 Å². The lowest BCUT2D eigenvalue weighted by molar-refractivity contribution is -0.132. The van der Waals surface area contributed by atoms with Gasteiger partial charge in [-0.15, -0.1) is 0 Å². The SMILES string of the molecule is CCCCN(C(=O)CCCCCCN)C1CC1. The number of carbonyl (C=O) groups excluding carboxylic acids is 1. The predicted molar refractivity (Wildman–Crippen MR) is 71.8 cm³/mol. The van der Waals surface area contributed by atoms with Gasteiger partial charge in [-0.25, -0.2) is 0 Å². The summed E-state index contributed by atoms with van der Waals surface area (Å²) in [7, 11) is 0. The highest BCUT2D eigenvalue weighted by Crippen LogP contribution is 2.28. The van der Waals surface area contributed by atoms with Crippen LogP contribution in [-0.4, -0.2) is 29.9 Å². The third kappa shape index (κ3) is 6.06. The van der Waals surface area contributed by atoms with E-state index in [1.165, 1.54) is 25.7 Å². The molecule has 0 saturated heterocycles. The fourth-order valence-electron chi connectivity index (χ4n) is 2.14. The van der Waals surface area contributed by atoms with Crippen LogP contribution in [-0.2, 0) is 4.79 Å². The lowest BCUT2D eigenvalue weighted by Crippen LogP contribution is -2.33. The topological polar surface area (TPSA) is 46.3 Å². The fraction of sp³-hybridized carbons (Fsp3) is 0.929. The van der Waals surface area contributed by atoms with E-state index >= 15 is 0 Å². The minimum Gasteiger partial charge on any atom is -0.340 e. The number of rotatable bonds is 10. The van der Waals surface area contributed by atoms with Gasteiger partial charge in [0.1, 0.15) is 0 Å². The van der Waals surface area contributed by atoms with E-state index in [0.29, 0.717) is 11.9 Å². The maximum absolute atomic E-state index is 12.1. The number of hydrogen-bond acceptors (Lipinski definition) is 2. The molecule has 0 aromatic rings. The molecule has 0 aromatic carbocycles. The Morgan fingerprint density at radius 2 is 1.88 bits per heavy atom. The van der Waals surface area contributed by atoms with Crippen LogP contribution in [0, 0.1) is 0 Å². The maximum Gasteiger partial charge on any atom is 0.222 e. The lowest BCUT2D eigenvalue weighted by atomic mass is 10.1. The molecule has 0 unspecified atom stereocenters. The van der Waals surface area contributed by atoms with Crippen LogP contribution in [0.2, 0.25) is 0 Å². The van der Waals surface area contributed by atoms with E-state index in [1.807, 2.05) is 0 Å². The first-order chi connectivity index (χ1) is 8.29. The molecule has 1 saturated carbocycles. The number of carbonyl (C=O) groups is 1. The van der Waals surface area contributed by atoms with Crippen LogP contribution in [0.4, 0.5) is 0 Å². The van der Waals surface area contributed by atoms with Crippen LogP contribution < -0.4 is 5.73 Å². The summed E-state index contributed by atoms with van der Waals surface area (Å²) in [6, 6.07) is 0.582. The van der Waals surface area contributed by atoms with Gasteiger partial charge in [-0.1, -0.05) is 26.2 Å². The molecule has 17 heavy (non-hydrogen) atoms. The Kier molecular flexibility index (Phi) is 7.25. The molecule has 1 aliphatic rings. The van der Waals surface area contributed by atoms with Crippen molar-refractivity contribution in [1.82, 2.24) is 4.90 Å². The summed E-state index contributed by atoms with van der Waals surface area (Å²) in [5.74, 6) is 0.383. The van der Waals surface area contributed by atoms with Gasteiger partial charge in [-0.3, -0.25) is 4.79 Å². The predicted octanol–water partition coefficient (Wildman–Crippen LogP) is 2.69. The van der Waals surface area contributed by atoms with Crippen molar-refractivity contribution in [2.75, 3.05) is 13.1 Å². The van der Waals surface area contributed by atoms with E-state index in [-0.39, 0.29) is 0 Å². The van der Waals surface area contributed by atoms with Crippen molar-refractivity contribution in [2.24, 2.45) is 5.73 Å². The molecule has 1 rings (SSSR count). The normalized spacial score (nSPS) is 14.9. The Hall–Kier alpha value is -0.570. The third-order valence-electron chi connectivity index (χ3n) is 3.41. The van der Waals surface area contributed by atoms with Crippen molar-refractivity contribution in [1.29, 1.82) is 0 Å². The zero-order chi connectivity index (χ0) is 12.5. The number of amides is 1. The average Bonchev–Trinajstić information content (AvgIpc) is 3.14. The molecule has 0 heterocycles. The average molecular weight is 240 g/mol. The molecule has 0 atom stereocenters. The molecule has 2 N–H and O–H groups in total. The number of nitrogens with zero attached hydrogens (tertiary/aromatic N) is 1. The zero-order valence-electron chi connectivity index (χ0n) is 11.3. The lowest BCUT2D eigenvalue weighted by Gasteiger charge is -2.22. The highest BCUT2D eigenvalue weighted by atomic mass is 16.2. The second kappa shape index (κ2) is 8.51. The molecule has 0 spiro atoms. The minimum absolute atomic E-state index is 0.383. The van der Waals surface area contributed by atoms with E-state index in [4.69, 9.17) is 5.73 Å². The van der Waals surface area contributed by atoms with E-state index in [1.54, 1.807) is 0 Å². The first kappa shape index (κ1) is 14.5. The van der Waals surface area contributed by atoms with Gasteiger partial charge >= 0.3 is 0 Å². The van der Waals surface area contributed by atoms with Gasteiger partial charge in [0.05, 0.1) is 0 Å². The summed E-state index contributed by atoms with van der Waals surface area (Å²) in [5.41, 5.74) is 5.45. The molecule has 0 bridgehead atoms. The third-order valence-corrected chi connectivity index (χ3v) is 3.41. The smallest absolute Gasteiger partial charge is 0.222 e. The van der Waals surface area contributed by atoms with Crippen molar-refractivity contribution in [3.8, 4) is 0 Å². The Labute approximate surface area is 106 Å². The Morgan fingerprint density at radius 3 is 2.47 bits per heavy atom. The largest absolute Gasteiger partial charge is 0.340 e. The molecule has 3 nitrogen and oxygen atoms in total. The number of hydrogen-bond donors (Lipinski definition) is 1. The molecular weight excluding hydrogens is 212 g/mol. The Balaban J connectivity index is 2.13. The van der Waals surface area contributed by atoms with Crippen LogP contribution in [0.5, 0.6) is 0 Å². The molecule has 1 amide bonds. The van der Waals surface area contributed by atoms with E-state index < -0.39 is 0 Å². The van der Waals surface area contributed by atoms with E-state index in [0.717, 1.165) is 45.2 Å². The van der Waals surface area contributed by atoms with Gasteiger partial charge in [0.15, 0.2) is 0 Å². The number of unbranched alkanes of at least 4 members (excludes halogenated alkanes) is 4. The first-order valence-corrected chi connectivity index (χ1v) is 7.29. The van der Waals surface area contributed by atoms with Crippen molar-refractivity contribution in [2.45, 2.75) is 70.8 Å². The van der Waals surface area contributed by atoms with Gasteiger partial charge in [0.2, 0.25) is 5.91 Å². The summed E-state index contributed by atoms with van der Waals surface area (Å²) in [4.78, 5) is 14.2. The minimum atomic E-state index is 0.383. The summed E-state index contributed by atoms with van der Waals surface area (Å²) < 4.78 is 0. The zero-order valence-corrected chi connectivity index (χ0v) is 11.3. The van der Waals surface area contributed by atoms with E-state index in [2.05, 4.69) is 11.8 Å². The molecule has 0 radical (unpaired) electrons. The molecular formula is C14H28N2O. The Morgan fingerprint density at radius 1 is 1.18 bits per heavy atom. The van der Waals surface area contributed by atoms with Gasteiger partial charge < -0.3 is 10.6 Å². The molecule has 0 aliphatic heterocycles. The van der Waals surface area contributed by atoms with Gasteiger partial charge in [-0.2, -0.15) is 0 Å². The highest BCUT2D eigenvalue weighted by molar-refractivity contribution is 5.76. The van der Waals surface area contributed by atoms with Crippen molar-refractivity contribution in [3.05, 3.63) is 0 Å². The van der Waals surface area contributed by atoms with E-state index in [9.17, 15) is 4.79 Å². The molecule has 100 valence electrons. The maximum atomic E-state index is 12.1. The summed E-state index contributed by atoms with van der Waals surface area (Å²) >= 11 is 0. The standard InChI is InChI=1S/C14H28N2O/c1-2-3-12-16(13-9-10-13)14(17)8-6-4-5-7-11-15/h13H,2-12,15H2,1H3. The summed E-state index contributed by atoms with van der Waals surface area (Å²) in [6.45, 7) is 3.93. The summed E-state index contributed by atoms with van der Waals surface area (Å²) in [5, 5.41) is 0. The van der Waals surface area contributed by atoms with Crippen molar-refractivity contribution >= 4 is 5.91 Å². The van der Waals surface area contributed by atoms with Crippen molar-refractivity contribution < 1.29 is 4.79 Å². The van der Waals surface area contributed by atoms with Gasteiger partial charge in [0.25, 0.3) is 0 Å². The molecule has 3 heteroatoms. The van der Waals surface area contributed by atoms with Crippen LogP contribution in [0.3, 0.4) is 0 Å². The van der Waals surface area contributed by atoms with Gasteiger partial charge in [0, 0.05) is 19.0 Å². The molecule has 1 fully saturated rings. The van der Waals surface area contributed by atoms with Crippen LogP contribution in [0.1, 0.15) is 64.7 Å². The Bertz CT molecular complexity index is 214. The van der Waals surface area contributed by atoms with Crippen LogP contribution in [0.15, 0.2) is 0 Å². The second-order valence-corrected chi connectivity index (χ2v) is 5.12. The molecule has 0 aromatic heterocycles. The second-order valence-electron chi connectivity index (χ2n) is 5.12. The fourth-order valence-corrected chi connectivity index (χ4v) is 2.14. The van der Waals surface area contributed by atoms with Crippen molar-refractivity contribution in [3.63, 3.8) is 0 Å². The van der Waals surface area contributed by atoms with Crippen LogP contribution in [0.25, 0.3) is 0 Å². The number of nitrogens with two attached hydrogens (primary N) is 1. The van der Waals surface area contributed by atoms with Crippen LogP contribution >= 0.6 is 0 Å².